The molecule has 6 rings (SSSR count). The Morgan fingerprint density at radius 2 is 1.33 bits per heavy atom. The first kappa shape index (κ1) is 29.0. The highest BCUT2D eigenvalue weighted by molar-refractivity contribution is 4.94. The maximum atomic E-state index is 4.07. The van der Waals surface area contributed by atoms with Crippen LogP contribution >= 0.6 is 0 Å². The van der Waals surface area contributed by atoms with E-state index in [1.165, 1.54) is 129 Å². The fourth-order valence-electron chi connectivity index (χ4n) is 11.6. The first-order chi connectivity index (χ1) is 19.1. The zero-order chi connectivity index (χ0) is 26.8. The molecule has 6 saturated carbocycles. The smallest absolute Gasteiger partial charge is 0.0123 e. The molecule has 0 heterocycles. The molecule has 0 bridgehead atoms. The van der Waals surface area contributed by atoms with Crippen LogP contribution in [0.1, 0.15) is 129 Å². The van der Waals surface area contributed by atoms with Gasteiger partial charge in [-0.1, -0.05) is 32.6 Å². The lowest BCUT2D eigenvalue weighted by Gasteiger charge is -2.49. The molecule has 0 spiro atoms. The van der Waals surface area contributed by atoms with Gasteiger partial charge in [0.1, 0.15) is 0 Å². The molecule has 39 heavy (non-hydrogen) atoms. The average molecular weight is 540 g/mol. The molecule has 0 amide bonds. The highest BCUT2D eigenvalue weighted by Crippen LogP contribution is 2.47. The molecule has 12 atom stereocenters. The van der Waals surface area contributed by atoms with E-state index in [4.69, 9.17) is 0 Å². The van der Waals surface area contributed by atoms with Gasteiger partial charge in [0.05, 0.1) is 0 Å². The Morgan fingerprint density at radius 1 is 0.615 bits per heavy atom. The Labute approximate surface area is 242 Å². The minimum Gasteiger partial charge on any atom is -0.317 e. The number of fused-ring (bicyclic) bond motifs is 3. The molecule has 3 nitrogen and oxygen atoms in total. The van der Waals surface area contributed by atoms with Gasteiger partial charge in [0.25, 0.3) is 0 Å². The summed E-state index contributed by atoms with van der Waals surface area (Å²) in [6.45, 7) is 5.17. The highest BCUT2D eigenvalue weighted by atomic mass is 15.1. The maximum absolute atomic E-state index is 4.07. The van der Waals surface area contributed by atoms with Crippen LogP contribution in [0.15, 0.2) is 0 Å². The van der Waals surface area contributed by atoms with Crippen molar-refractivity contribution in [3.63, 3.8) is 0 Å². The van der Waals surface area contributed by atoms with E-state index in [0.29, 0.717) is 0 Å². The van der Waals surface area contributed by atoms with Gasteiger partial charge < -0.3 is 15.5 Å². The third kappa shape index (κ3) is 7.10. The lowest BCUT2D eigenvalue weighted by atomic mass is 9.64. The van der Waals surface area contributed by atoms with Crippen LogP contribution < -0.4 is 10.6 Å². The summed E-state index contributed by atoms with van der Waals surface area (Å²) in [4.78, 5) is 2.89. The van der Waals surface area contributed by atoms with Gasteiger partial charge >= 0.3 is 0 Å². The second kappa shape index (κ2) is 13.5. The van der Waals surface area contributed by atoms with Crippen molar-refractivity contribution in [1.82, 2.24) is 15.5 Å². The van der Waals surface area contributed by atoms with Gasteiger partial charge in [-0.3, -0.25) is 0 Å². The van der Waals surface area contributed by atoms with Gasteiger partial charge in [-0.15, -0.1) is 0 Å². The van der Waals surface area contributed by atoms with Gasteiger partial charge in [0.2, 0.25) is 0 Å². The molecule has 2 N–H and O–H groups in total. The van der Waals surface area contributed by atoms with Crippen LogP contribution in [-0.4, -0.2) is 50.2 Å². The molecule has 6 aliphatic rings. The standard InChI is InChI=1S/C36H65N3/c1-25-7-10-30-22-34(15-13-29(30)19-25)38-18-17-26-9-16-35-31(20-26)5-4-6-36(35)39(3)24-27-8-11-28-12-14-33(37-2)23-32(28)21-27/h25-38H,4-24H2,1-3H3/t25-,26+,27?,28?,29?,30?,31?,32?,33?,34?,35?,36?/m1/s1. The minimum absolute atomic E-state index is 0.794. The molecule has 10 unspecified atom stereocenters. The number of nitrogens with one attached hydrogen (secondary N) is 2. The molecule has 0 radical (unpaired) electrons. The van der Waals surface area contributed by atoms with E-state index in [9.17, 15) is 0 Å². The Morgan fingerprint density at radius 3 is 2.23 bits per heavy atom. The van der Waals surface area contributed by atoms with Crippen molar-refractivity contribution in [3.05, 3.63) is 0 Å². The van der Waals surface area contributed by atoms with Crippen molar-refractivity contribution < 1.29 is 0 Å². The van der Waals surface area contributed by atoms with E-state index in [1.54, 1.807) is 6.42 Å². The number of hydrogen-bond donors (Lipinski definition) is 2. The Kier molecular flexibility index (Phi) is 10.00. The van der Waals surface area contributed by atoms with E-state index in [2.05, 4.69) is 36.6 Å². The van der Waals surface area contributed by atoms with E-state index in [0.717, 1.165) is 71.4 Å². The van der Waals surface area contributed by atoms with Crippen LogP contribution in [-0.2, 0) is 0 Å². The molecule has 0 aromatic carbocycles. The van der Waals surface area contributed by atoms with Crippen LogP contribution in [0.4, 0.5) is 0 Å². The van der Waals surface area contributed by atoms with Gasteiger partial charge in [-0.2, -0.15) is 0 Å². The third-order valence-corrected chi connectivity index (χ3v) is 13.8. The molecule has 6 fully saturated rings. The van der Waals surface area contributed by atoms with E-state index < -0.39 is 0 Å². The normalized spacial score (nSPS) is 46.8. The molecule has 6 aliphatic carbocycles. The Balaban J connectivity index is 0.924. The van der Waals surface area contributed by atoms with Crippen molar-refractivity contribution in [3.8, 4) is 0 Å². The summed E-state index contributed by atoms with van der Waals surface area (Å²) in [5, 5.41) is 7.68. The van der Waals surface area contributed by atoms with Gasteiger partial charge in [-0.25, -0.2) is 0 Å². The molecule has 3 heteroatoms. The van der Waals surface area contributed by atoms with E-state index in [1.807, 2.05) is 0 Å². The summed E-state index contributed by atoms with van der Waals surface area (Å²) in [6.07, 6.45) is 28.4. The quantitative estimate of drug-likeness (QED) is 0.328. The van der Waals surface area contributed by atoms with Crippen LogP contribution in [0, 0.1) is 53.3 Å². The number of nitrogens with zero attached hydrogens (tertiary/aromatic N) is 1. The van der Waals surface area contributed by atoms with Crippen molar-refractivity contribution in [1.29, 1.82) is 0 Å². The van der Waals surface area contributed by atoms with Crippen LogP contribution in [0.25, 0.3) is 0 Å². The summed E-state index contributed by atoms with van der Waals surface area (Å²) in [7, 11) is 4.71. The summed E-state index contributed by atoms with van der Waals surface area (Å²) < 4.78 is 0. The maximum Gasteiger partial charge on any atom is 0.0123 e. The topological polar surface area (TPSA) is 27.3 Å². The lowest BCUT2D eigenvalue weighted by molar-refractivity contribution is 0.0182. The molecular formula is C36H65N3. The van der Waals surface area contributed by atoms with Crippen molar-refractivity contribution >= 4 is 0 Å². The number of hydrogen-bond acceptors (Lipinski definition) is 3. The third-order valence-electron chi connectivity index (χ3n) is 13.8. The Hall–Kier alpha value is -0.120. The molecule has 224 valence electrons. The predicted octanol–water partition coefficient (Wildman–Crippen LogP) is 7.89. The first-order valence-electron chi connectivity index (χ1n) is 18.2. The molecule has 0 aromatic rings. The summed E-state index contributed by atoms with van der Waals surface area (Å²) in [6, 6.07) is 2.50. The van der Waals surface area contributed by atoms with E-state index in [-0.39, 0.29) is 0 Å². The molecule has 0 aromatic heterocycles. The molecule has 0 aliphatic heterocycles. The predicted molar refractivity (Wildman–Crippen MR) is 166 cm³/mol. The largest absolute Gasteiger partial charge is 0.317 e. The summed E-state index contributed by atoms with van der Waals surface area (Å²) in [5.74, 6) is 9.13. The monoisotopic (exact) mass is 540 g/mol. The first-order valence-corrected chi connectivity index (χ1v) is 18.2. The van der Waals surface area contributed by atoms with Crippen molar-refractivity contribution in [2.45, 2.75) is 147 Å². The fourth-order valence-corrected chi connectivity index (χ4v) is 11.6. The van der Waals surface area contributed by atoms with Gasteiger partial charge in [0.15, 0.2) is 0 Å². The number of rotatable bonds is 8. The average Bonchev–Trinajstić information content (AvgIpc) is 2.96. The van der Waals surface area contributed by atoms with Gasteiger partial charge in [-0.05, 0) is 170 Å². The van der Waals surface area contributed by atoms with Gasteiger partial charge in [0, 0.05) is 24.7 Å². The molecule has 0 saturated heterocycles. The van der Waals surface area contributed by atoms with Crippen molar-refractivity contribution in [2.75, 3.05) is 27.2 Å². The van der Waals surface area contributed by atoms with Crippen LogP contribution in [0.2, 0.25) is 0 Å². The highest BCUT2D eigenvalue weighted by Gasteiger charge is 2.41. The summed E-state index contributed by atoms with van der Waals surface area (Å²) in [5.41, 5.74) is 0. The van der Waals surface area contributed by atoms with Crippen LogP contribution in [0.5, 0.6) is 0 Å². The lowest BCUT2D eigenvalue weighted by Crippen LogP contribution is -2.48. The fraction of sp³-hybridized carbons (Fsp3) is 1.00. The Bertz CT molecular complexity index is 754. The van der Waals surface area contributed by atoms with Crippen molar-refractivity contribution in [2.24, 2.45) is 53.3 Å². The zero-order valence-corrected chi connectivity index (χ0v) is 26.2. The second-order valence-corrected chi connectivity index (χ2v) is 16.2. The molecular weight excluding hydrogens is 474 g/mol. The minimum atomic E-state index is 0.794. The SMILES string of the molecule is CNC1CCC2CCC(CN(C)C3CCCC4C[C@H](CCNC5CCC6C[C@H](C)CCC6C5)CCC43)CC2C1. The zero-order valence-electron chi connectivity index (χ0n) is 26.2. The second-order valence-electron chi connectivity index (χ2n) is 16.2. The van der Waals surface area contributed by atoms with E-state index >= 15 is 0 Å². The van der Waals surface area contributed by atoms with Crippen LogP contribution in [0.3, 0.4) is 0 Å². The summed E-state index contributed by atoms with van der Waals surface area (Å²) >= 11 is 0.